The van der Waals surface area contributed by atoms with Crippen molar-refractivity contribution < 1.29 is 10.0 Å². The van der Waals surface area contributed by atoms with E-state index in [9.17, 15) is 4.79 Å². The lowest BCUT2D eigenvalue weighted by Gasteiger charge is -2.11. The third-order valence-corrected chi connectivity index (χ3v) is 3.73. The number of rotatable bonds is 6. The lowest BCUT2D eigenvalue weighted by Crippen LogP contribution is -2.19. The van der Waals surface area contributed by atoms with Crippen LogP contribution in [0.15, 0.2) is 30.3 Å². The number of nitrogens with two attached hydrogens (primary N) is 1. The minimum atomic E-state index is -0.520. The fourth-order valence-electron chi connectivity index (χ4n) is 2.66. The van der Waals surface area contributed by atoms with Gasteiger partial charge in [0.1, 0.15) is 0 Å². The number of anilines is 1. The highest BCUT2D eigenvalue weighted by Crippen LogP contribution is 2.27. The predicted octanol–water partition coefficient (Wildman–Crippen LogP) is 3.66. The average Bonchev–Trinajstić information content (AvgIpc) is 2.50. The summed E-state index contributed by atoms with van der Waals surface area (Å²) >= 11 is 0. The Morgan fingerprint density at radius 2 is 2.05 bits per heavy atom. The van der Waals surface area contributed by atoms with Gasteiger partial charge in [0.05, 0.1) is 5.56 Å². The number of benzene rings is 2. The molecule has 112 valence electrons. The van der Waals surface area contributed by atoms with Crippen LogP contribution in [0, 0.1) is 0 Å². The second kappa shape index (κ2) is 7.09. The molecule has 0 aliphatic rings. The van der Waals surface area contributed by atoms with Gasteiger partial charge in [-0.1, -0.05) is 44.4 Å². The van der Waals surface area contributed by atoms with E-state index in [1.807, 2.05) is 18.2 Å². The predicted molar refractivity (Wildman–Crippen MR) is 85.5 cm³/mol. The second-order valence-electron chi connectivity index (χ2n) is 5.34. The Balaban J connectivity index is 2.38. The van der Waals surface area contributed by atoms with Gasteiger partial charge in [0.2, 0.25) is 0 Å². The molecule has 0 radical (unpaired) electrons. The molecule has 0 spiro atoms. The zero-order valence-electron chi connectivity index (χ0n) is 12.4. The molecule has 2 aromatic rings. The third-order valence-electron chi connectivity index (χ3n) is 3.73. The van der Waals surface area contributed by atoms with Crippen molar-refractivity contribution in [2.24, 2.45) is 0 Å². The van der Waals surface area contributed by atoms with Crippen LogP contribution in [0.3, 0.4) is 0 Å². The summed E-state index contributed by atoms with van der Waals surface area (Å²) in [5, 5.41) is 10.6. The van der Waals surface area contributed by atoms with Crippen molar-refractivity contribution in [1.29, 1.82) is 0 Å². The summed E-state index contributed by atoms with van der Waals surface area (Å²) in [6.45, 7) is 2.18. The Bertz CT molecular complexity index is 638. The summed E-state index contributed by atoms with van der Waals surface area (Å²) in [6.07, 6.45) is 5.64. The van der Waals surface area contributed by atoms with Gasteiger partial charge in [0.25, 0.3) is 5.91 Å². The Morgan fingerprint density at radius 3 is 2.76 bits per heavy atom. The summed E-state index contributed by atoms with van der Waals surface area (Å²) in [5.41, 5.74) is 9.76. The zero-order chi connectivity index (χ0) is 15.2. The Labute approximate surface area is 124 Å². The summed E-state index contributed by atoms with van der Waals surface area (Å²) < 4.78 is 0. The van der Waals surface area contributed by atoms with Crippen LogP contribution in [0.4, 0.5) is 5.69 Å². The van der Waals surface area contributed by atoms with E-state index in [0.29, 0.717) is 16.6 Å². The summed E-state index contributed by atoms with van der Waals surface area (Å²) in [6, 6.07) is 9.48. The molecule has 4 N–H and O–H groups in total. The van der Waals surface area contributed by atoms with Gasteiger partial charge in [-0.05, 0) is 35.9 Å². The normalized spacial score (nSPS) is 10.8. The first-order chi connectivity index (χ1) is 10.2. The lowest BCUT2D eigenvalue weighted by molar-refractivity contribution is 0.0708. The van der Waals surface area contributed by atoms with E-state index in [-0.39, 0.29) is 0 Å². The van der Waals surface area contributed by atoms with Crippen molar-refractivity contribution in [1.82, 2.24) is 5.48 Å². The largest absolute Gasteiger partial charge is 0.398 e. The molecule has 4 nitrogen and oxygen atoms in total. The number of fused-ring (bicyclic) bond motifs is 1. The molecule has 0 saturated heterocycles. The molecule has 1 amide bonds. The molecule has 0 aliphatic carbocycles. The summed E-state index contributed by atoms with van der Waals surface area (Å²) in [4.78, 5) is 11.9. The molecule has 2 rings (SSSR count). The highest BCUT2D eigenvalue weighted by molar-refractivity contribution is 6.11. The van der Waals surface area contributed by atoms with Gasteiger partial charge in [-0.3, -0.25) is 10.0 Å². The quantitative estimate of drug-likeness (QED) is 0.328. The van der Waals surface area contributed by atoms with E-state index in [4.69, 9.17) is 10.9 Å². The maximum atomic E-state index is 11.9. The van der Waals surface area contributed by atoms with Gasteiger partial charge < -0.3 is 5.73 Å². The number of hydrogen-bond acceptors (Lipinski definition) is 3. The number of aryl methyl sites for hydroxylation is 1. The van der Waals surface area contributed by atoms with Crippen molar-refractivity contribution >= 4 is 22.4 Å². The van der Waals surface area contributed by atoms with E-state index in [1.54, 1.807) is 11.5 Å². The monoisotopic (exact) mass is 286 g/mol. The molecule has 0 heterocycles. The Kier molecular flexibility index (Phi) is 5.17. The summed E-state index contributed by atoms with van der Waals surface area (Å²) in [7, 11) is 0. The molecule has 2 aromatic carbocycles. The minimum Gasteiger partial charge on any atom is -0.398 e. The number of nitrogens with one attached hydrogen (secondary N) is 1. The van der Waals surface area contributed by atoms with Crippen molar-refractivity contribution in [3.8, 4) is 0 Å². The van der Waals surface area contributed by atoms with Crippen LogP contribution in [0.1, 0.15) is 48.5 Å². The van der Waals surface area contributed by atoms with Crippen LogP contribution < -0.4 is 11.2 Å². The number of hydroxylamine groups is 1. The van der Waals surface area contributed by atoms with E-state index in [0.717, 1.165) is 23.8 Å². The van der Waals surface area contributed by atoms with E-state index < -0.39 is 5.91 Å². The molecule has 0 unspecified atom stereocenters. The van der Waals surface area contributed by atoms with Gasteiger partial charge in [0, 0.05) is 11.1 Å². The molecule has 4 heteroatoms. The first kappa shape index (κ1) is 15.3. The molecule has 0 atom stereocenters. The Morgan fingerprint density at radius 1 is 1.24 bits per heavy atom. The van der Waals surface area contributed by atoms with Gasteiger partial charge in [-0.25, -0.2) is 5.48 Å². The van der Waals surface area contributed by atoms with Crippen molar-refractivity contribution in [3.63, 3.8) is 0 Å². The SMILES string of the molecule is CCCCCCc1cc(C(=O)NO)c2c(N)cccc2c1. The molecule has 0 aliphatic heterocycles. The molecular formula is C17H22N2O2. The van der Waals surface area contributed by atoms with Crippen molar-refractivity contribution in [2.75, 3.05) is 5.73 Å². The van der Waals surface area contributed by atoms with Gasteiger partial charge in [0.15, 0.2) is 0 Å². The highest BCUT2D eigenvalue weighted by atomic mass is 16.5. The van der Waals surface area contributed by atoms with Crippen molar-refractivity contribution in [2.45, 2.75) is 39.0 Å². The first-order valence-electron chi connectivity index (χ1n) is 7.43. The molecular weight excluding hydrogens is 264 g/mol. The minimum absolute atomic E-state index is 0.429. The van der Waals surface area contributed by atoms with Crippen LogP contribution in [0.5, 0.6) is 0 Å². The second-order valence-corrected chi connectivity index (χ2v) is 5.34. The topological polar surface area (TPSA) is 75.3 Å². The van der Waals surface area contributed by atoms with Crippen LogP contribution >= 0.6 is 0 Å². The molecule has 0 aromatic heterocycles. The zero-order valence-corrected chi connectivity index (χ0v) is 12.4. The number of unbranched alkanes of at least 4 members (excludes halogenated alkanes) is 3. The molecule has 0 bridgehead atoms. The number of hydrogen-bond donors (Lipinski definition) is 3. The maximum Gasteiger partial charge on any atom is 0.275 e. The molecule has 21 heavy (non-hydrogen) atoms. The number of carbonyl (C=O) groups excluding carboxylic acids is 1. The molecule has 0 saturated carbocycles. The first-order valence-corrected chi connectivity index (χ1v) is 7.43. The standard InChI is InChI=1S/C17H22N2O2/c1-2-3-4-5-7-12-10-13-8-6-9-15(18)16(13)14(11-12)17(20)19-21/h6,8-11,21H,2-5,7,18H2,1H3,(H,19,20). The highest BCUT2D eigenvalue weighted by Gasteiger charge is 2.13. The van der Waals surface area contributed by atoms with E-state index in [1.165, 1.54) is 19.3 Å². The number of amides is 1. The maximum absolute atomic E-state index is 11.9. The van der Waals surface area contributed by atoms with Crippen LogP contribution in [0.2, 0.25) is 0 Å². The smallest absolute Gasteiger partial charge is 0.275 e. The van der Waals surface area contributed by atoms with Gasteiger partial charge in [-0.15, -0.1) is 0 Å². The van der Waals surface area contributed by atoms with Crippen LogP contribution in [-0.4, -0.2) is 11.1 Å². The third kappa shape index (κ3) is 3.52. The number of carbonyl (C=O) groups is 1. The fourth-order valence-corrected chi connectivity index (χ4v) is 2.66. The lowest BCUT2D eigenvalue weighted by atomic mass is 9.96. The summed E-state index contributed by atoms with van der Waals surface area (Å²) in [5.74, 6) is -0.520. The van der Waals surface area contributed by atoms with E-state index >= 15 is 0 Å². The fraction of sp³-hybridized carbons (Fsp3) is 0.353. The van der Waals surface area contributed by atoms with Gasteiger partial charge in [-0.2, -0.15) is 0 Å². The van der Waals surface area contributed by atoms with Crippen molar-refractivity contribution in [3.05, 3.63) is 41.5 Å². The van der Waals surface area contributed by atoms with E-state index in [2.05, 4.69) is 13.0 Å². The average molecular weight is 286 g/mol. The number of nitrogen functional groups attached to an aromatic ring is 1. The van der Waals surface area contributed by atoms with Crippen LogP contribution in [-0.2, 0) is 6.42 Å². The van der Waals surface area contributed by atoms with Gasteiger partial charge >= 0.3 is 0 Å². The van der Waals surface area contributed by atoms with Crippen LogP contribution in [0.25, 0.3) is 10.8 Å². The molecule has 0 fully saturated rings. The Hall–Kier alpha value is -2.07.